The van der Waals surface area contributed by atoms with Gasteiger partial charge in [0.05, 0.1) is 47.3 Å². The number of imide groups is 2. The van der Waals surface area contributed by atoms with E-state index in [0.717, 1.165) is 37.4 Å². The van der Waals surface area contributed by atoms with Gasteiger partial charge >= 0.3 is 0 Å². The Balaban J connectivity index is 0.829. The molecular formula is C48H58N8O9. The van der Waals surface area contributed by atoms with Gasteiger partial charge < -0.3 is 29.2 Å². The highest BCUT2D eigenvalue weighted by molar-refractivity contribution is 6.24. The van der Waals surface area contributed by atoms with Gasteiger partial charge in [-0.25, -0.2) is 9.97 Å². The first-order valence-electron chi connectivity index (χ1n) is 23.7. The Hall–Kier alpha value is -6.28. The van der Waals surface area contributed by atoms with E-state index in [1.54, 1.807) is 24.4 Å². The standard InChI is InChI=1S/C48H58N8O9/c1-26(2)55(29-17-31(18-29)64-32-19-33-40(37(21-32)63-8)44(61)56(43(33)60)35-11-12-39(57)52-42(35)59)25-27-13-15-54(16-14-27)38-24-50-34(23-51-38)41(58)53-45-47(3,4)46(48(45,5)6)65-30-10-9-28(22-49)36(20-30)62-7/h9-10,19-21,23-24,26-27,29,31,35,45-46H,11-18,25H2,1-8H3,(H,53,58)(H,52,57,59)/t29?,31?,35-,45?,46?/m1/s1/i8D3. The van der Waals surface area contributed by atoms with E-state index in [0.29, 0.717) is 41.6 Å². The first-order valence-corrected chi connectivity index (χ1v) is 22.2. The molecule has 344 valence electrons. The van der Waals surface area contributed by atoms with Crippen LogP contribution < -0.4 is 34.5 Å². The highest BCUT2D eigenvalue weighted by Gasteiger charge is 2.64. The largest absolute Gasteiger partial charge is 0.496 e. The van der Waals surface area contributed by atoms with Crippen LogP contribution >= 0.6 is 0 Å². The number of piperidine rings is 2. The van der Waals surface area contributed by atoms with Crippen molar-refractivity contribution >= 4 is 35.4 Å². The lowest BCUT2D eigenvalue weighted by atomic mass is 9.49. The lowest BCUT2D eigenvalue weighted by molar-refractivity contribution is -0.164. The molecule has 0 bridgehead atoms. The van der Waals surface area contributed by atoms with Crippen LogP contribution in [0.25, 0.3) is 0 Å². The van der Waals surface area contributed by atoms with Crippen LogP contribution in [0, 0.1) is 28.1 Å². The lowest BCUT2D eigenvalue weighted by Gasteiger charge is -2.63. The number of aromatic nitrogens is 2. The first-order chi connectivity index (χ1) is 32.1. The fourth-order valence-corrected chi connectivity index (χ4v) is 10.8. The van der Waals surface area contributed by atoms with Gasteiger partial charge in [0, 0.05) is 80.0 Å². The van der Waals surface area contributed by atoms with Crippen molar-refractivity contribution in [3.05, 3.63) is 65.1 Å². The molecule has 0 spiro atoms. The fourth-order valence-electron chi connectivity index (χ4n) is 10.8. The molecule has 0 unspecified atom stereocenters. The maximum absolute atomic E-state index is 13.6. The molecule has 8 rings (SSSR count). The van der Waals surface area contributed by atoms with E-state index in [1.807, 2.05) is 0 Å². The van der Waals surface area contributed by atoms with Crippen LogP contribution in [-0.4, -0.2) is 119 Å². The van der Waals surface area contributed by atoms with Crippen LogP contribution in [0.15, 0.2) is 42.7 Å². The average molecular weight is 894 g/mol. The van der Waals surface area contributed by atoms with E-state index in [9.17, 15) is 29.2 Å². The Morgan fingerprint density at radius 1 is 0.969 bits per heavy atom. The van der Waals surface area contributed by atoms with Gasteiger partial charge in [-0.15, -0.1) is 0 Å². The first kappa shape index (κ1) is 41.4. The van der Waals surface area contributed by atoms with Crippen LogP contribution in [-0.2, 0) is 9.59 Å². The van der Waals surface area contributed by atoms with Crippen molar-refractivity contribution in [1.82, 2.24) is 30.4 Å². The molecule has 5 aliphatic rings. The summed E-state index contributed by atoms with van der Waals surface area (Å²) in [4.78, 5) is 79.7. The number of carbonyl (C=O) groups excluding carboxylic acids is 5. The van der Waals surface area contributed by atoms with Crippen molar-refractivity contribution in [2.45, 2.75) is 116 Å². The molecule has 2 saturated carbocycles. The topological polar surface area (TPSA) is 206 Å². The molecule has 65 heavy (non-hydrogen) atoms. The fraction of sp³-hybridized carbons (Fsp3) is 0.542. The monoisotopic (exact) mass is 893 g/mol. The van der Waals surface area contributed by atoms with Gasteiger partial charge in [-0.05, 0) is 57.2 Å². The van der Waals surface area contributed by atoms with Gasteiger partial charge in [0.25, 0.3) is 17.7 Å². The molecule has 1 atom stereocenters. The number of carbonyl (C=O) groups is 5. The van der Waals surface area contributed by atoms with Crippen molar-refractivity contribution in [3.63, 3.8) is 0 Å². The molecule has 2 aliphatic carbocycles. The van der Waals surface area contributed by atoms with E-state index in [1.165, 1.54) is 25.4 Å². The number of methoxy groups -OCH3 is 2. The summed E-state index contributed by atoms with van der Waals surface area (Å²) in [6.07, 6.45) is 5.85. The minimum Gasteiger partial charge on any atom is -0.496 e. The number of nitrogens with zero attached hydrogens (tertiary/aromatic N) is 6. The number of hydrogen-bond donors (Lipinski definition) is 2. The van der Waals surface area contributed by atoms with Crippen molar-refractivity contribution in [2.75, 3.05) is 38.7 Å². The maximum atomic E-state index is 13.6. The smallest absolute Gasteiger partial charge is 0.271 e. The van der Waals surface area contributed by atoms with E-state index in [-0.39, 0.29) is 77.4 Å². The second-order valence-corrected chi connectivity index (χ2v) is 19.3. The minimum absolute atomic E-state index is 0.0485. The highest BCUT2D eigenvalue weighted by atomic mass is 16.5. The third kappa shape index (κ3) is 8.44. The third-order valence-electron chi connectivity index (χ3n) is 14.0. The number of amides is 5. The van der Waals surface area contributed by atoms with Gasteiger partial charge in [-0.2, -0.15) is 5.26 Å². The zero-order valence-electron chi connectivity index (χ0n) is 40.8. The number of anilines is 1. The van der Waals surface area contributed by atoms with Crippen LogP contribution in [0.5, 0.6) is 23.0 Å². The summed E-state index contributed by atoms with van der Waals surface area (Å²) < 4.78 is 46.4. The molecule has 5 amide bonds. The second kappa shape index (κ2) is 17.6. The molecule has 0 radical (unpaired) electrons. The summed E-state index contributed by atoms with van der Waals surface area (Å²) in [5, 5.41) is 14.7. The second-order valence-electron chi connectivity index (χ2n) is 19.3. The molecule has 3 aromatic rings. The van der Waals surface area contributed by atoms with E-state index in [2.05, 4.69) is 78.0 Å². The number of benzene rings is 2. The third-order valence-corrected chi connectivity index (χ3v) is 14.0. The van der Waals surface area contributed by atoms with Crippen molar-refractivity contribution in [1.29, 1.82) is 5.26 Å². The molecule has 4 heterocycles. The van der Waals surface area contributed by atoms with Gasteiger partial charge in [0.15, 0.2) is 0 Å². The summed E-state index contributed by atoms with van der Waals surface area (Å²) in [5.41, 5.74) is -0.596. The van der Waals surface area contributed by atoms with Crippen LogP contribution in [0.1, 0.15) is 121 Å². The molecule has 4 fully saturated rings. The summed E-state index contributed by atoms with van der Waals surface area (Å²) in [7, 11) is -1.43. The molecule has 2 N–H and O–H groups in total. The van der Waals surface area contributed by atoms with Gasteiger partial charge in [0.1, 0.15) is 58.8 Å². The molecule has 1 aromatic heterocycles. The van der Waals surface area contributed by atoms with Gasteiger partial charge in [0.2, 0.25) is 11.8 Å². The van der Waals surface area contributed by atoms with Crippen LogP contribution in [0.2, 0.25) is 0 Å². The van der Waals surface area contributed by atoms with Crippen LogP contribution in [0.4, 0.5) is 5.82 Å². The average Bonchev–Trinajstić information content (AvgIpc) is 3.52. The Kier molecular flexibility index (Phi) is 11.2. The molecule has 17 heteroatoms. The van der Waals surface area contributed by atoms with E-state index in [4.69, 9.17) is 23.1 Å². The molecular weight excluding hydrogens is 833 g/mol. The van der Waals surface area contributed by atoms with Crippen molar-refractivity contribution in [3.8, 4) is 29.1 Å². The molecule has 3 aliphatic heterocycles. The molecule has 2 saturated heterocycles. The number of nitriles is 1. The zero-order chi connectivity index (χ0) is 49.0. The van der Waals surface area contributed by atoms with Crippen molar-refractivity contribution < 1.29 is 47.0 Å². The Labute approximate surface area is 383 Å². The Bertz CT molecular complexity index is 2520. The Morgan fingerprint density at radius 2 is 1.69 bits per heavy atom. The van der Waals surface area contributed by atoms with Crippen molar-refractivity contribution in [2.24, 2.45) is 16.7 Å². The highest BCUT2D eigenvalue weighted by Crippen LogP contribution is 2.55. The number of hydrogen-bond acceptors (Lipinski definition) is 14. The predicted octanol–water partition coefficient (Wildman–Crippen LogP) is 4.92. The number of fused-ring (bicyclic) bond motifs is 1. The van der Waals surface area contributed by atoms with Gasteiger partial charge in [-0.1, -0.05) is 27.7 Å². The van der Waals surface area contributed by atoms with E-state index < -0.39 is 47.5 Å². The van der Waals surface area contributed by atoms with Crippen LogP contribution in [0.3, 0.4) is 0 Å². The summed E-state index contributed by atoms with van der Waals surface area (Å²) in [5.74, 6) is -1.27. The number of nitrogens with one attached hydrogen (secondary N) is 2. The minimum atomic E-state index is -2.94. The normalized spacial score (nSPS) is 25.6. The number of ether oxygens (including phenoxy) is 4. The quantitative estimate of drug-likeness (QED) is 0.206. The SMILES string of the molecule is [2H]C([2H])([2H])Oc1cc(OC2CC(N(CC3CCN(c4cnc(C(=O)NC5C(C)(C)C(Oc6ccc(C#N)c(OC)c6)C5(C)C)cn4)CC3)C(C)C)C2)cc2c1C(=O)N([C@@H]1CCC(=O)NC1=O)C2=O. The zero-order valence-corrected chi connectivity index (χ0v) is 37.8. The molecule has 17 nitrogen and oxygen atoms in total. The maximum Gasteiger partial charge on any atom is 0.271 e. The summed E-state index contributed by atoms with van der Waals surface area (Å²) >= 11 is 0. The predicted molar refractivity (Wildman–Crippen MR) is 237 cm³/mol. The van der Waals surface area contributed by atoms with Gasteiger partial charge in [-0.3, -0.25) is 39.1 Å². The lowest BCUT2D eigenvalue weighted by Crippen LogP contribution is -2.74. The summed E-state index contributed by atoms with van der Waals surface area (Å²) in [6.45, 7) is 15.0. The Morgan fingerprint density at radius 3 is 2.32 bits per heavy atom. The van der Waals surface area contributed by atoms with E-state index >= 15 is 0 Å². The molecule has 2 aromatic carbocycles. The number of rotatable bonds is 14. The summed E-state index contributed by atoms with van der Waals surface area (Å²) in [6, 6.07) is 8.98.